The van der Waals surface area contributed by atoms with Crippen LogP contribution < -0.4 is 0 Å². The summed E-state index contributed by atoms with van der Waals surface area (Å²) in [4.78, 5) is 20.3. The van der Waals surface area contributed by atoms with Crippen molar-refractivity contribution in [1.82, 2.24) is 0 Å². The second kappa shape index (κ2) is 32.6. The van der Waals surface area contributed by atoms with Gasteiger partial charge in [-0.1, -0.05) is 67.2 Å². The Hall–Kier alpha value is -0.261. The average Bonchev–Trinajstić information content (AvgIpc) is 2.85. The van der Waals surface area contributed by atoms with Crippen LogP contribution in [0.5, 0.6) is 0 Å². The Morgan fingerprint density at radius 1 is 0.463 bits per heavy atom. The Kier molecular flexibility index (Phi) is 36.0. The summed E-state index contributed by atoms with van der Waals surface area (Å²) < 4.78 is 3.31. The average molecular weight is 690 g/mol. The standard InChI is InChI=1S/2C10H20O2.2C8H17.Sn/c2*1-10(2,3)8-6-4-5-7-9(11)12;2*1-3-5-7-8-6-4-2;/h2*4-8H2,1-3H3,(H,11,12);2*1,3-8H2,2H3;. The van der Waals surface area contributed by atoms with Crippen LogP contribution in [0.4, 0.5) is 0 Å². The third-order valence-corrected chi connectivity index (χ3v) is 11.1. The third-order valence-electron chi connectivity index (χ3n) is 7.05. The van der Waals surface area contributed by atoms with Crippen molar-refractivity contribution in [2.24, 2.45) is 10.8 Å². The molecule has 0 heterocycles. The minimum atomic E-state index is -0.675. The zero-order valence-corrected chi connectivity index (χ0v) is 32.0. The molecule has 0 rings (SSSR count). The van der Waals surface area contributed by atoms with Gasteiger partial charge in [0, 0.05) is 12.8 Å². The van der Waals surface area contributed by atoms with E-state index in [4.69, 9.17) is 10.2 Å². The minimum absolute atomic E-state index is 0.0736. The van der Waals surface area contributed by atoms with Gasteiger partial charge in [0.15, 0.2) is 0 Å². The summed E-state index contributed by atoms with van der Waals surface area (Å²) in [7, 11) is 0. The van der Waals surface area contributed by atoms with Crippen molar-refractivity contribution in [2.75, 3.05) is 0 Å². The summed E-state index contributed by atoms with van der Waals surface area (Å²) >= 11 is 0.0736. The number of unbranched alkanes of at least 4 members (excludes halogenated alkanes) is 14. The van der Waals surface area contributed by atoms with E-state index < -0.39 is 11.9 Å². The van der Waals surface area contributed by atoms with Crippen molar-refractivity contribution in [1.29, 1.82) is 0 Å². The van der Waals surface area contributed by atoms with E-state index in [2.05, 4.69) is 55.4 Å². The molecule has 0 aromatic rings. The van der Waals surface area contributed by atoms with Crippen molar-refractivity contribution in [3.8, 4) is 0 Å². The number of carboxylic acids is 2. The Bertz CT molecular complexity index is 501. The fraction of sp³-hybridized carbons (Fsp3) is 0.944. The molecule has 0 saturated heterocycles. The number of rotatable bonds is 24. The van der Waals surface area contributed by atoms with Crippen LogP contribution in [0.2, 0.25) is 8.87 Å². The molecule has 0 fully saturated rings. The molecule has 0 aromatic carbocycles. The molecule has 4 nitrogen and oxygen atoms in total. The van der Waals surface area contributed by atoms with Gasteiger partial charge in [0.2, 0.25) is 0 Å². The molecule has 0 aliphatic rings. The normalized spacial score (nSPS) is 11.3. The molecule has 5 heteroatoms. The molecule has 2 radical (unpaired) electrons. The first kappa shape index (κ1) is 45.2. The number of hydrogen-bond donors (Lipinski definition) is 2. The fourth-order valence-corrected chi connectivity index (χ4v) is 7.97. The van der Waals surface area contributed by atoms with E-state index in [1.165, 1.54) is 77.0 Å². The van der Waals surface area contributed by atoms with Crippen molar-refractivity contribution in [2.45, 2.75) is 206 Å². The first-order valence-corrected chi connectivity index (χ1v) is 21.4. The number of hydrogen-bond acceptors (Lipinski definition) is 2. The maximum absolute atomic E-state index is 10.2. The summed E-state index contributed by atoms with van der Waals surface area (Å²) in [6.07, 6.45) is 26.9. The zero-order chi connectivity index (χ0) is 31.8. The molecular formula is C36H74O4Sn. The van der Waals surface area contributed by atoms with E-state index in [9.17, 15) is 9.59 Å². The molecule has 2 N–H and O–H groups in total. The summed E-state index contributed by atoms with van der Waals surface area (Å²) in [5.74, 6) is -1.35. The molecule has 0 aliphatic carbocycles. The summed E-state index contributed by atoms with van der Waals surface area (Å²) in [5.41, 5.74) is 0.784. The Morgan fingerprint density at radius 2 is 0.756 bits per heavy atom. The topological polar surface area (TPSA) is 74.6 Å². The maximum atomic E-state index is 10.2. The predicted octanol–water partition coefficient (Wildman–Crippen LogP) is 12.4. The molecule has 0 aromatic heterocycles. The first-order chi connectivity index (χ1) is 19.2. The molecule has 0 bridgehead atoms. The number of carboxylic acid groups (broad SMARTS) is 2. The van der Waals surface area contributed by atoms with E-state index in [-0.39, 0.29) is 21.1 Å². The molecule has 0 amide bonds. The molecule has 0 saturated carbocycles. The van der Waals surface area contributed by atoms with Crippen LogP contribution >= 0.6 is 0 Å². The second-order valence-corrected chi connectivity index (χ2v) is 18.6. The zero-order valence-electron chi connectivity index (χ0n) is 29.2. The van der Waals surface area contributed by atoms with Gasteiger partial charge in [-0.15, -0.1) is 0 Å². The number of aliphatic carboxylic acids is 2. The van der Waals surface area contributed by atoms with Gasteiger partial charge in [-0.2, -0.15) is 0 Å². The Labute approximate surface area is 268 Å². The van der Waals surface area contributed by atoms with Crippen LogP contribution in [-0.2, 0) is 9.59 Å². The van der Waals surface area contributed by atoms with Crippen LogP contribution in [0.1, 0.15) is 197 Å². The summed E-state index contributed by atoms with van der Waals surface area (Å²) in [5, 5.41) is 16.7. The second-order valence-electron chi connectivity index (χ2n) is 14.3. The van der Waals surface area contributed by atoms with Crippen molar-refractivity contribution in [3.63, 3.8) is 0 Å². The number of carbonyl (C=O) groups is 2. The quantitative estimate of drug-likeness (QED) is 0.0781. The van der Waals surface area contributed by atoms with Gasteiger partial charge in [-0.25, -0.2) is 0 Å². The van der Waals surface area contributed by atoms with Gasteiger partial charge in [-0.05, 0) is 36.5 Å². The van der Waals surface area contributed by atoms with E-state index >= 15 is 0 Å². The molecule has 0 aliphatic heterocycles. The molecule has 0 atom stereocenters. The Balaban J connectivity index is -0.000000542. The van der Waals surface area contributed by atoms with E-state index in [0.717, 1.165) is 38.5 Å². The predicted molar refractivity (Wildman–Crippen MR) is 182 cm³/mol. The third kappa shape index (κ3) is 56.2. The Morgan fingerprint density at radius 3 is 1.05 bits per heavy atom. The van der Waals surface area contributed by atoms with Crippen LogP contribution in [-0.4, -0.2) is 43.3 Å². The van der Waals surface area contributed by atoms with Gasteiger partial charge in [0.25, 0.3) is 0 Å². The molecule has 0 spiro atoms. The van der Waals surface area contributed by atoms with Gasteiger partial charge in [-0.3, -0.25) is 9.59 Å². The molecule has 41 heavy (non-hydrogen) atoms. The summed E-state index contributed by atoms with van der Waals surface area (Å²) in [6, 6.07) is 0. The monoisotopic (exact) mass is 690 g/mol. The van der Waals surface area contributed by atoms with Crippen molar-refractivity contribution >= 4 is 33.1 Å². The SMILES string of the molecule is CC(C)(C)CCCCCC(=O)O.CC(C)(C)CCCCCC(=O)O.CCCCCCC[CH2][Sn][CH2]CCCCCCC. The summed E-state index contributed by atoms with van der Waals surface area (Å²) in [6.45, 7) is 17.9. The van der Waals surface area contributed by atoms with Gasteiger partial charge >= 0.3 is 133 Å². The molecule has 246 valence electrons. The fourth-order valence-electron chi connectivity index (χ4n) is 4.40. The van der Waals surface area contributed by atoms with E-state index in [1.807, 2.05) is 0 Å². The first-order valence-electron chi connectivity index (χ1n) is 17.4. The van der Waals surface area contributed by atoms with Crippen LogP contribution in [0.3, 0.4) is 0 Å². The van der Waals surface area contributed by atoms with Crippen LogP contribution in [0.25, 0.3) is 0 Å². The van der Waals surface area contributed by atoms with E-state index in [0.29, 0.717) is 23.7 Å². The molecule has 0 unspecified atom stereocenters. The van der Waals surface area contributed by atoms with Gasteiger partial charge in [0.05, 0.1) is 0 Å². The van der Waals surface area contributed by atoms with Gasteiger partial charge in [0.1, 0.15) is 0 Å². The van der Waals surface area contributed by atoms with Crippen molar-refractivity contribution in [3.05, 3.63) is 0 Å². The molecular weight excluding hydrogens is 615 g/mol. The van der Waals surface area contributed by atoms with Gasteiger partial charge < -0.3 is 10.2 Å². The van der Waals surface area contributed by atoms with Crippen molar-refractivity contribution < 1.29 is 19.8 Å². The van der Waals surface area contributed by atoms with Crippen LogP contribution in [0.15, 0.2) is 0 Å². The van der Waals surface area contributed by atoms with Crippen LogP contribution in [0, 0.1) is 10.8 Å². The van der Waals surface area contributed by atoms with E-state index in [1.54, 1.807) is 21.7 Å².